The minimum atomic E-state index is 0.494. The van der Waals surface area contributed by atoms with E-state index in [0.717, 1.165) is 38.6 Å². The van der Waals surface area contributed by atoms with Gasteiger partial charge >= 0.3 is 0 Å². The van der Waals surface area contributed by atoms with E-state index in [-0.39, 0.29) is 0 Å². The topological polar surface area (TPSA) is 33.1 Å². The van der Waals surface area contributed by atoms with Gasteiger partial charge in [0, 0.05) is 33.6 Å². The Morgan fingerprint density at radius 3 is 2.48 bits per heavy atom. The number of hydrogen-bond donors (Lipinski definition) is 1. The van der Waals surface area contributed by atoms with Crippen LogP contribution in [0.3, 0.4) is 0 Å². The summed E-state index contributed by atoms with van der Waals surface area (Å²) >= 11 is 17.6. The Morgan fingerprint density at radius 2 is 1.76 bits per heavy atom. The largest absolute Gasteiger partial charge is 0.339 e. The second kappa shape index (κ2) is 6.30. The van der Waals surface area contributed by atoms with Crippen LogP contribution in [0.1, 0.15) is 5.56 Å². The molecule has 25 heavy (non-hydrogen) atoms. The van der Waals surface area contributed by atoms with Gasteiger partial charge in [0.25, 0.3) is 0 Å². The SMILES string of the molecule is Cc1ccc(-c2cn3c(=S)ncc(-c4ccc(Cl)cc4)c3[nH]2)cc1Cl. The molecule has 0 atom stereocenters. The molecular formula is C19H13Cl2N3S. The first-order chi connectivity index (χ1) is 12.0. The van der Waals surface area contributed by atoms with Gasteiger partial charge in [0.1, 0.15) is 5.65 Å². The van der Waals surface area contributed by atoms with Crippen molar-refractivity contribution in [1.29, 1.82) is 0 Å². The van der Waals surface area contributed by atoms with Crippen molar-refractivity contribution < 1.29 is 0 Å². The third-order valence-corrected chi connectivity index (χ3v) is 5.12. The highest BCUT2D eigenvalue weighted by molar-refractivity contribution is 7.71. The van der Waals surface area contributed by atoms with Gasteiger partial charge in [-0.15, -0.1) is 0 Å². The number of aromatic nitrogens is 3. The van der Waals surface area contributed by atoms with Crippen molar-refractivity contribution in [2.45, 2.75) is 6.92 Å². The van der Waals surface area contributed by atoms with Crippen LogP contribution >= 0.6 is 35.4 Å². The average molecular weight is 386 g/mol. The Hall–Kier alpha value is -2.14. The van der Waals surface area contributed by atoms with Crippen molar-refractivity contribution in [2.75, 3.05) is 0 Å². The molecular weight excluding hydrogens is 373 g/mol. The fourth-order valence-electron chi connectivity index (χ4n) is 2.75. The number of imidazole rings is 1. The van der Waals surface area contributed by atoms with Gasteiger partial charge in [-0.3, -0.25) is 4.40 Å². The van der Waals surface area contributed by atoms with Crippen LogP contribution in [0.4, 0.5) is 0 Å². The quantitative estimate of drug-likeness (QED) is 0.408. The number of H-pyrrole nitrogens is 1. The molecule has 124 valence electrons. The van der Waals surface area contributed by atoms with Gasteiger partial charge in [-0.1, -0.05) is 47.5 Å². The minimum Gasteiger partial charge on any atom is -0.339 e. The van der Waals surface area contributed by atoms with E-state index in [4.69, 9.17) is 35.4 Å². The Balaban J connectivity index is 1.94. The van der Waals surface area contributed by atoms with Crippen LogP contribution < -0.4 is 0 Å². The number of fused-ring (bicyclic) bond motifs is 1. The van der Waals surface area contributed by atoms with Crippen molar-refractivity contribution in [3.8, 4) is 22.4 Å². The molecule has 6 heteroatoms. The molecule has 0 fully saturated rings. The van der Waals surface area contributed by atoms with Crippen LogP contribution in [0, 0.1) is 11.7 Å². The molecule has 1 N–H and O–H groups in total. The number of benzene rings is 2. The van der Waals surface area contributed by atoms with Crippen LogP contribution in [0.25, 0.3) is 28.0 Å². The Kier molecular flexibility index (Phi) is 4.12. The number of rotatable bonds is 2. The molecule has 0 saturated carbocycles. The number of hydrogen-bond acceptors (Lipinski definition) is 2. The molecule has 0 spiro atoms. The zero-order valence-corrected chi connectivity index (χ0v) is 15.6. The first-order valence-corrected chi connectivity index (χ1v) is 8.82. The lowest BCUT2D eigenvalue weighted by Gasteiger charge is -2.04. The molecule has 4 aromatic rings. The predicted molar refractivity (Wildman–Crippen MR) is 106 cm³/mol. The molecule has 0 saturated heterocycles. The molecule has 0 aliphatic heterocycles. The maximum absolute atomic E-state index is 6.27. The molecule has 2 aromatic carbocycles. The van der Waals surface area contributed by atoms with Crippen LogP contribution in [0.15, 0.2) is 54.9 Å². The average Bonchev–Trinajstić information content (AvgIpc) is 3.05. The van der Waals surface area contributed by atoms with Gasteiger partial charge in [0.15, 0.2) is 0 Å². The van der Waals surface area contributed by atoms with E-state index in [1.807, 2.05) is 60.0 Å². The van der Waals surface area contributed by atoms with Crippen LogP contribution in [-0.2, 0) is 0 Å². The van der Waals surface area contributed by atoms with Crippen molar-refractivity contribution in [3.63, 3.8) is 0 Å². The van der Waals surface area contributed by atoms with Gasteiger partial charge in [0.2, 0.25) is 4.77 Å². The molecule has 0 aliphatic carbocycles. The Morgan fingerprint density at radius 1 is 1.04 bits per heavy atom. The maximum atomic E-state index is 6.27. The van der Waals surface area contributed by atoms with Crippen molar-refractivity contribution >= 4 is 41.1 Å². The number of nitrogens with one attached hydrogen (secondary N) is 1. The standard InChI is InChI=1S/C19H13Cl2N3S/c1-11-2-3-13(8-16(11)21)17-10-24-18(23-17)15(9-22-19(24)25)12-4-6-14(20)7-5-12/h2-10,23H,1H3. The summed E-state index contributed by atoms with van der Waals surface area (Å²) in [4.78, 5) is 7.79. The third-order valence-electron chi connectivity index (χ3n) is 4.16. The highest BCUT2D eigenvalue weighted by Crippen LogP contribution is 2.29. The fraction of sp³-hybridized carbons (Fsp3) is 0.0526. The van der Waals surface area contributed by atoms with Crippen LogP contribution in [0.5, 0.6) is 0 Å². The van der Waals surface area contributed by atoms with Gasteiger partial charge in [-0.25, -0.2) is 4.98 Å². The molecule has 3 nitrogen and oxygen atoms in total. The van der Waals surface area contributed by atoms with Gasteiger partial charge in [0.05, 0.1) is 5.69 Å². The summed E-state index contributed by atoms with van der Waals surface area (Å²) in [6.07, 6.45) is 3.73. The minimum absolute atomic E-state index is 0.494. The Bertz CT molecular complexity index is 1140. The molecule has 0 radical (unpaired) electrons. The lowest BCUT2D eigenvalue weighted by molar-refractivity contribution is 1.06. The van der Waals surface area contributed by atoms with E-state index in [1.165, 1.54) is 0 Å². The highest BCUT2D eigenvalue weighted by Gasteiger charge is 2.11. The molecule has 2 heterocycles. The smallest absolute Gasteiger partial charge is 0.205 e. The molecule has 4 rings (SSSR count). The molecule has 2 aromatic heterocycles. The molecule has 0 aliphatic rings. The number of aryl methyl sites for hydroxylation is 1. The summed E-state index contributed by atoms with van der Waals surface area (Å²) in [6, 6.07) is 13.6. The van der Waals surface area contributed by atoms with Crippen molar-refractivity contribution in [2.24, 2.45) is 0 Å². The summed E-state index contributed by atoms with van der Waals surface area (Å²) in [7, 11) is 0. The summed E-state index contributed by atoms with van der Waals surface area (Å²) in [5.74, 6) is 0. The van der Waals surface area contributed by atoms with E-state index in [2.05, 4.69) is 9.97 Å². The summed E-state index contributed by atoms with van der Waals surface area (Å²) in [5, 5.41) is 1.43. The monoisotopic (exact) mass is 385 g/mol. The lowest BCUT2D eigenvalue weighted by atomic mass is 10.1. The zero-order chi connectivity index (χ0) is 17.6. The molecule has 0 unspecified atom stereocenters. The normalized spacial score (nSPS) is 11.2. The lowest BCUT2D eigenvalue weighted by Crippen LogP contribution is -1.92. The number of halogens is 2. The van der Waals surface area contributed by atoms with Gasteiger partial charge in [-0.2, -0.15) is 0 Å². The predicted octanol–water partition coefficient (Wildman–Crippen LogP) is 6.34. The first kappa shape index (κ1) is 16.3. The van der Waals surface area contributed by atoms with E-state index in [9.17, 15) is 0 Å². The summed E-state index contributed by atoms with van der Waals surface area (Å²) in [6.45, 7) is 1.98. The third kappa shape index (κ3) is 2.97. The second-order valence-corrected chi connectivity index (χ2v) is 7.02. The number of aromatic amines is 1. The Labute approximate surface area is 159 Å². The van der Waals surface area contributed by atoms with E-state index in [1.54, 1.807) is 6.20 Å². The first-order valence-electron chi connectivity index (χ1n) is 7.66. The van der Waals surface area contributed by atoms with Gasteiger partial charge < -0.3 is 4.98 Å². The maximum Gasteiger partial charge on any atom is 0.205 e. The van der Waals surface area contributed by atoms with Gasteiger partial charge in [-0.05, 0) is 48.5 Å². The molecule has 0 amide bonds. The molecule has 0 bridgehead atoms. The summed E-state index contributed by atoms with van der Waals surface area (Å²) < 4.78 is 2.37. The highest BCUT2D eigenvalue weighted by atomic mass is 35.5. The second-order valence-electron chi connectivity index (χ2n) is 5.81. The van der Waals surface area contributed by atoms with Crippen LogP contribution in [0.2, 0.25) is 10.0 Å². The number of nitrogens with zero attached hydrogens (tertiary/aromatic N) is 2. The fourth-order valence-corrected chi connectivity index (χ4v) is 3.26. The van der Waals surface area contributed by atoms with Crippen molar-refractivity contribution in [1.82, 2.24) is 14.4 Å². The van der Waals surface area contributed by atoms with Crippen molar-refractivity contribution in [3.05, 3.63) is 75.2 Å². The van der Waals surface area contributed by atoms with E-state index >= 15 is 0 Å². The zero-order valence-electron chi connectivity index (χ0n) is 13.3. The van der Waals surface area contributed by atoms with E-state index in [0.29, 0.717) is 9.79 Å². The van der Waals surface area contributed by atoms with Crippen LogP contribution in [-0.4, -0.2) is 14.4 Å². The van der Waals surface area contributed by atoms with E-state index < -0.39 is 0 Å². The summed E-state index contributed by atoms with van der Waals surface area (Å²) in [5.41, 5.74) is 5.82.